The first-order valence-electron chi connectivity index (χ1n) is 9.42. The highest BCUT2D eigenvalue weighted by atomic mass is 16.5. The molecule has 0 unspecified atom stereocenters. The van der Waals surface area contributed by atoms with Gasteiger partial charge in [-0.1, -0.05) is 12.1 Å². The van der Waals surface area contributed by atoms with Gasteiger partial charge in [0.2, 0.25) is 0 Å². The van der Waals surface area contributed by atoms with Crippen LogP contribution >= 0.6 is 0 Å². The molecule has 1 fully saturated rings. The fourth-order valence-corrected chi connectivity index (χ4v) is 3.89. The number of aromatic nitrogens is 1. The molecule has 4 rings (SSSR count). The van der Waals surface area contributed by atoms with Crippen molar-refractivity contribution in [3.8, 4) is 0 Å². The number of pyridine rings is 1. The minimum atomic E-state index is -0.365. The van der Waals surface area contributed by atoms with Crippen LogP contribution in [0.15, 0.2) is 36.5 Å². The van der Waals surface area contributed by atoms with Gasteiger partial charge in [0.25, 0.3) is 5.91 Å². The van der Waals surface area contributed by atoms with Crippen LogP contribution in [0.3, 0.4) is 0 Å². The molecule has 27 heavy (non-hydrogen) atoms. The summed E-state index contributed by atoms with van der Waals surface area (Å²) in [6.07, 6.45) is 5.79. The summed E-state index contributed by atoms with van der Waals surface area (Å²) in [6.45, 7) is 2.38. The molecule has 2 aliphatic rings. The number of benzene rings is 1. The van der Waals surface area contributed by atoms with Crippen LogP contribution in [-0.2, 0) is 11.2 Å². The molecule has 6 heteroatoms. The second-order valence-electron chi connectivity index (χ2n) is 6.97. The van der Waals surface area contributed by atoms with E-state index in [0.717, 1.165) is 56.0 Å². The number of carbonyl (C=O) groups is 2. The maximum absolute atomic E-state index is 12.7. The van der Waals surface area contributed by atoms with Crippen LogP contribution in [-0.4, -0.2) is 48.5 Å². The molecule has 2 aromatic rings. The Morgan fingerprint density at radius 1 is 1.07 bits per heavy atom. The standard InChI is InChI=1S/C21H23N3O3/c1-27-21(26)17-7-3-4-8-18(17)24-12-9-15-13-16(14-22-19(15)24)20(25)23-10-5-2-6-11-23/h3-4,7-8,13-14H,2,5-6,9-12H2,1H3. The molecule has 0 spiro atoms. The van der Waals surface area contributed by atoms with Crippen molar-refractivity contribution in [2.75, 3.05) is 31.6 Å². The van der Waals surface area contributed by atoms with Gasteiger partial charge in [-0.2, -0.15) is 0 Å². The van der Waals surface area contributed by atoms with Crippen LogP contribution in [0, 0.1) is 0 Å². The fourth-order valence-electron chi connectivity index (χ4n) is 3.89. The number of likely N-dealkylation sites (tertiary alicyclic amines) is 1. The summed E-state index contributed by atoms with van der Waals surface area (Å²) in [5.41, 5.74) is 2.99. The van der Waals surface area contributed by atoms with Crippen LogP contribution in [0.2, 0.25) is 0 Å². The number of hydrogen-bond acceptors (Lipinski definition) is 5. The van der Waals surface area contributed by atoms with E-state index in [1.54, 1.807) is 12.3 Å². The Morgan fingerprint density at radius 3 is 2.63 bits per heavy atom. The monoisotopic (exact) mass is 365 g/mol. The summed E-state index contributed by atoms with van der Waals surface area (Å²) in [5.74, 6) is 0.510. The zero-order valence-corrected chi connectivity index (χ0v) is 15.5. The van der Waals surface area contributed by atoms with Gasteiger partial charge in [0.05, 0.1) is 23.9 Å². The number of fused-ring (bicyclic) bond motifs is 1. The van der Waals surface area contributed by atoms with E-state index in [-0.39, 0.29) is 11.9 Å². The van der Waals surface area contributed by atoms with Crippen molar-refractivity contribution >= 4 is 23.4 Å². The molecule has 0 aliphatic carbocycles. The molecule has 0 saturated carbocycles. The SMILES string of the molecule is COC(=O)c1ccccc1N1CCc2cc(C(=O)N3CCCCC3)cnc21. The van der Waals surface area contributed by atoms with Crippen LogP contribution in [0.4, 0.5) is 11.5 Å². The van der Waals surface area contributed by atoms with E-state index in [1.165, 1.54) is 13.5 Å². The second kappa shape index (κ2) is 7.39. The minimum absolute atomic E-state index is 0.0680. The maximum atomic E-state index is 12.7. The van der Waals surface area contributed by atoms with Gasteiger partial charge in [0.15, 0.2) is 0 Å². The number of esters is 1. The Balaban J connectivity index is 1.62. The molecule has 0 radical (unpaired) electrons. The molecular formula is C21H23N3O3. The summed E-state index contributed by atoms with van der Waals surface area (Å²) in [5, 5.41) is 0. The van der Waals surface area contributed by atoms with E-state index in [9.17, 15) is 9.59 Å². The van der Waals surface area contributed by atoms with Crippen LogP contribution in [0.1, 0.15) is 45.5 Å². The van der Waals surface area contributed by atoms with Crippen molar-refractivity contribution in [2.24, 2.45) is 0 Å². The fraction of sp³-hybridized carbons (Fsp3) is 0.381. The number of methoxy groups -OCH3 is 1. The first kappa shape index (κ1) is 17.5. The number of rotatable bonds is 3. The zero-order chi connectivity index (χ0) is 18.8. The summed E-state index contributed by atoms with van der Waals surface area (Å²) in [6, 6.07) is 9.33. The number of ether oxygens (including phenoxy) is 1. The molecule has 140 valence electrons. The molecule has 3 heterocycles. The van der Waals surface area contributed by atoms with Gasteiger partial charge in [-0.25, -0.2) is 9.78 Å². The first-order valence-corrected chi connectivity index (χ1v) is 9.42. The third-order valence-electron chi connectivity index (χ3n) is 5.29. The Labute approximate surface area is 158 Å². The van der Waals surface area contributed by atoms with Crippen LogP contribution < -0.4 is 4.90 Å². The highest BCUT2D eigenvalue weighted by Crippen LogP contribution is 2.35. The second-order valence-corrected chi connectivity index (χ2v) is 6.97. The van der Waals surface area contributed by atoms with Gasteiger partial charge in [0.1, 0.15) is 5.82 Å². The van der Waals surface area contributed by atoms with Gasteiger partial charge >= 0.3 is 5.97 Å². The van der Waals surface area contributed by atoms with Gasteiger partial charge in [-0.3, -0.25) is 4.79 Å². The van der Waals surface area contributed by atoms with Crippen molar-refractivity contribution in [2.45, 2.75) is 25.7 Å². The maximum Gasteiger partial charge on any atom is 0.339 e. The Hall–Kier alpha value is -2.89. The Kier molecular flexibility index (Phi) is 4.79. The summed E-state index contributed by atoms with van der Waals surface area (Å²) >= 11 is 0. The van der Waals surface area contributed by atoms with Crippen molar-refractivity contribution in [3.63, 3.8) is 0 Å². The van der Waals surface area contributed by atoms with Crippen LogP contribution in [0.5, 0.6) is 0 Å². The topological polar surface area (TPSA) is 62.7 Å². The van der Waals surface area contributed by atoms with Gasteiger partial charge in [-0.05, 0) is 49.4 Å². The van der Waals surface area contributed by atoms with Crippen molar-refractivity contribution in [1.82, 2.24) is 9.88 Å². The zero-order valence-electron chi connectivity index (χ0n) is 15.5. The molecule has 1 aromatic heterocycles. The summed E-state index contributed by atoms with van der Waals surface area (Å²) in [4.78, 5) is 33.4. The average molecular weight is 365 g/mol. The molecular weight excluding hydrogens is 342 g/mol. The van der Waals surface area contributed by atoms with Gasteiger partial charge in [0, 0.05) is 25.8 Å². The lowest BCUT2D eigenvalue weighted by Gasteiger charge is -2.27. The lowest BCUT2D eigenvalue weighted by molar-refractivity contribution is 0.0601. The molecule has 0 atom stereocenters. The van der Waals surface area contributed by atoms with Gasteiger partial charge in [-0.15, -0.1) is 0 Å². The largest absolute Gasteiger partial charge is 0.465 e. The molecule has 1 amide bonds. The van der Waals surface area contributed by atoms with Gasteiger partial charge < -0.3 is 14.5 Å². The predicted molar refractivity (Wildman–Crippen MR) is 102 cm³/mol. The molecule has 2 aliphatic heterocycles. The van der Waals surface area contributed by atoms with E-state index in [0.29, 0.717) is 11.1 Å². The molecule has 0 N–H and O–H groups in total. The van der Waals surface area contributed by atoms with E-state index in [4.69, 9.17) is 4.74 Å². The third kappa shape index (κ3) is 3.27. The Morgan fingerprint density at radius 2 is 1.85 bits per heavy atom. The smallest absolute Gasteiger partial charge is 0.339 e. The van der Waals surface area contributed by atoms with E-state index in [2.05, 4.69) is 4.98 Å². The lowest BCUT2D eigenvalue weighted by atomic mass is 10.1. The number of carbonyl (C=O) groups excluding carboxylic acids is 2. The van der Waals surface area contributed by atoms with E-state index < -0.39 is 0 Å². The van der Waals surface area contributed by atoms with E-state index in [1.807, 2.05) is 34.1 Å². The van der Waals surface area contributed by atoms with Crippen molar-refractivity contribution in [1.29, 1.82) is 0 Å². The molecule has 0 bridgehead atoms. The normalized spacial score (nSPS) is 16.2. The number of anilines is 2. The predicted octanol–water partition coefficient (Wildman–Crippen LogP) is 3.19. The highest BCUT2D eigenvalue weighted by Gasteiger charge is 2.27. The summed E-state index contributed by atoms with van der Waals surface area (Å²) < 4.78 is 4.91. The average Bonchev–Trinajstić information content (AvgIpc) is 3.16. The number of piperidine rings is 1. The molecule has 1 aromatic carbocycles. The number of amides is 1. The number of para-hydroxylation sites is 1. The highest BCUT2D eigenvalue weighted by molar-refractivity contribution is 5.98. The summed E-state index contributed by atoms with van der Waals surface area (Å²) in [7, 11) is 1.38. The molecule has 1 saturated heterocycles. The first-order chi connectivity index (χ1) is 13.2. The van der Waals surface area contributed by atoms with E-state index >= 15 is 0 Å². The van der Waals surface area contributed by atoms with Crippen LogP contribution in [0.25, 0.3) is 0 Å². The van der Waals surface area contributed by atoms with Crippen molar-refractivity contribution < 1.29 is 14.3 Å². The minimum Gasteiger partial charge on any atom is -0.465 e. The lowest BCUT2D eigenvalue weighted by Crippen LogP contribution is -2.35. The molecule has 6 nitrogen and oxygen atoms in total. The number of nitrogens with zero attached hydrogens (tertiary/aromatic N) is 3. The quantitative estimate of drug-likeness (QED) is 0.782. The van der Waals surface area contributed by atoms with Crippen molar-refractivity contribution in [3.05, 3.63) is 53.2 Å². The number of hydrogen-bond donors (Lipinski definition) is 0. The third-order valence-corrected chi connectivity index (χ3v) is 5.29. The Bertz CT molecular complexity index is 875.